The normalized spacial score (nSPS) is 13.4. The minimum Gasteiger partial charge on any atom is -0.358 e. The molecule has 6 aromatic rings. The van der Waals surface area contributed by atoms with Crippen molar-refractivity contribution >= 4 is 51.9 Å². The Morgan fingerprint density at radius 3 is 1.51 bits per heavy atom. The fourth-order valence-corrected chi connectivity index (χ4v) is 5.70. The van der Waals surface area contributed by atoms with Gasteiger partial charge in [0.05, 0.1) is 51.6 Å². The van der Waals surface area contributed by atoms with Gasteiger partial charge in [0.25, 0.3) is 0 Å². The molecule has 6 heterocycles. The van der Waals surface area contributed by atoms with E-state index in [9.17, 15) is 57.5 Å². The van der Waals surface area contributed by atoms with Crippen LogP contribution in [0, 0.1) is 11.3 Å². The third kappa shape index (κ3) is 9.04. The molecule has 2 N–H and O–H groups in total. The van der Waals surface area contributed by atoms with Gasteiger partial charge < -0.3 is 10.6 Å². The molecule has 6 aromatic heterocycles. The Hall–Kier alpha value is -5.96. The predicted octanol–water partition coefficient (Wildman–Crippen LogP) is 9.73. The monoisotopic (exact) mass is 885 g/mol. The van der Waals surface area contributed by atoms with E-state index in [1.54, 1.807) is 6.07 Å². The lowest BCUT2D eigenvalue weighted by Crippen LogP contribution is -2.34. The first-order valence-corrected chi connectivity index (χ1v) is 16.8. The first-order valence-electron chi connectivity index (χ1n) is 16.0. The molecule has 2 unspecified atom stereocenters. The van der Waals surface area contributed by atoms with Crippen molar-refractivity contribution in [3.8, 4) is 28.6 Å². The molecule has 0 bridgehead atoms. The molecule has 0 aliphatic carbocycles. The van der Waals surface area contributed by atoms with Crippen molar-refractivity contribution in [3.63, 3.8) is 0 Å². The summed E-state index contributed by atoms with van der Waals surface area (Å²) >= 11 is 12.2. The molecule has 0 amide bonds. The summed E-state index contributed by atoms with van der Waals surface area (Å²) in [6.45, 7) is 2.70. The molecule has 0 aromatic carbocycles. The number of hydrogen-bond donors (Lipinski definition) is 2. The number of halogens is 14. The molecule has 0 fully saturated rings. The standard InChI is InChI=1S/C17H12ClF6N5O.C16H9ClF6N6/c1-7(30)9-6-26-29-14(9)28-13(18)11(15(29)27-8(2)16(19,20)21)12-10(17(22,23)24)4-3-5-25-12;1-7(15(18,19)20)27-14-10(11-9(16(21,22)23)3-2-4-25-11)12(17)28-13-8(5-24)6-26-29(13)14/h3-6,8,27H,1-2H3;2-4,6-7,27H,1H3. The lowest BCUT2D eigenvalue weighted by Gasteiger charge is -2.22. The Bertz CT molecular complexity index is 2590. The number of nitrogens with one attached hydrogen (secondary N) is 2. The van der Waals surface area contributed by atoms with Gasteiger partial charge >= 0.3 is 24.7 Å². The summed E-state index contributed by atoms with van der Waals surface area (Å²) in [7, 11) is 0. The summed E-state index contributed by atoms with van der Waals surface area (Å²) in [6.07, 6.45) is -15.1. The molecule has 6 rings (SSSR count). The summed E-state index contributed by atoms with van der Waals surface area (Å²) in [4.78, 5) is 26.9. The van der Waals surface area contributed by atoms with Crippen molar-refractivity contribution in [1.82, 2.24) is 39.2 Å². The Balaban J connectivity index is 0.000000224. The van der Waals surface area contributed by atoms with Crippen molar-refractivity contribution in [1.29, 1.82) is 5.26 Å². The number of nitrogens with zero attached hydrogens (tertiary/aromatic N) is 9. The highest BCUT2D eigenvalue weighted by Crippen LogP contribution is 2.44. The van der Waals surface area contributed by atoms with Crippen LogP contribution >= 0.6 is 23.2 Å². The zero-order chi connectivity index (χ0) is 44.0. The van der Waals surface area contributed by atoms with Gasteiger partial charge in [0.2, 0.25) is 0 Å². The molecule has 0 aliphatic heterocycles. The molecule has 2 atom stereocenters. The molecule has 0 spiro atoms. The summed E-state index contributed by atoms with van der Waals surface area (Å²) in [5.74, 6) is -1.58. The van der Waals surface area contributed by atoms with Gasteiger partial charge in [-0.15, -0.1) is 0 Å². The summed E-state index contributed by atoms with van der Waals surface area (Å²) in [6, 6.07) is 0.833. The van der Waals surface area contributed by atoms with Gasteiger partial charge in [-0.2, -0.15) is 77.2 Å². The predicted molar refractivity (Wildman–Crippen MR) is 185 cm³/mol. The second-order valence-corrected chi connectivity index (χ2v) is 12.8. The Morgan fingerprint density at radius 2 is 1.12 bits per heavy atom. The molecule has 26 heteroatoms. The van der Waals surface area contributed by atoms with Crippen LogP contribution in [0.1, 0.15) is 47.8 Å². The molecule has 0 aliphatic rings. The Morgan fingerprint density at radius 1 is 0.712 bits per heavy atom. The number of carbonyl (C=O) groups is 1. The number of ketones is 1. The highest BCUT2D eigenvalue weighted by Gasteiger charge is 2.41. The summed E-state index contributed by atoms with van der Waals surface area (Å²) in [5.41, 5.74) is -5.61. The third-order valence-corrected chi connectivity index (χ3v) is 8.64. The van der Waals surface area contributed by atoms with Crippen LogP contribution in [0.15, 0.2) is 49.1 Å². The minimum absolute atomic E-state index is 0.0665. The van der Waals surface area contributed by atoms with Crippen LogP contribution in [-0.4, -0.2) is 69.4 Å². The summed E-state index contributed by atoms with van der Waals surface area (Å²) < 4.78 is 161. The molecule has 12 nitrogen and oxygen atoms in total. The van der Waals surface area contributed by atoms with Gasteiger partial charge in [-0.1, -0.05) is 23.2 Å². The number of fused-ring (bicyclic) bond motifs is 2. The molecular weight excluding hydrogens is 865 g/mol. The lowest BCUT2D eigenvalue weighted by atomic mass is 10.1. The van der Waals surface area contributed by atoms with E-state index in [1.165, 1.54) is 6.92 Å². The van der Waals surface area contributed by atoms with Crippen LogP contribution in [0.4, 0.5) is 64.3 Å². The molecule has 0 saturated heterocycles. The number of aromatic nitrogens is 8. The summed E-state index contributed by atoms with van der Waals surface area (Å²) in [5, 5.41) is 19.7. The van der Waals surface area contributed by atoms with E-state index in [2.05, 4.69) is 40.8 Å². The van der Waals surface area contributed by atoms with Gasteiger partial charge in [-0.3, -0.25) is 14.8 Å². The second-order valence-electron chi connectivity index (χ2n) is 12.1. The SMILES string of the molecule is CC(=O)c1cnn2c(NC(C)C(F)(F)F)c(-c3ncccc3C(F)(F)F)c(Cl)nc12.CC(Nc1c(-c2ncccc2C(F)(F)F)c(Cl)nc2c(C#N)cnn12)C(F)(F)F. The van der Waals surface area contributed by atoms with Crippen molar-refractivity contribution in [3.05, 3.63) is 81.6 Å². The average molecular weight is 886 g/mol. The van der Waals surface area contributed by atoms with Crippen molar-refractivity contribution < 1.29 is 57.5 Å². The van der Waals surface area contributed by atoms with Gasteiger partial charge in [0.1, 0.15) is 45.7 Å². The topological polar surface area (TPSA) is 151 Å². The van der Waals surface area contributed by atoms with E-state index in [-0.39, 0.29) is 22.4 Å². The molecule has 59 heavy (non-hydrogen) atoms. The number of Topliss-reactive ketones (excluding diaryl/α,β-unsaturated/α-hetero) is 1. The number of carbonyl (C=O) groups excluding carboxylic acids is 1. The lowest BCUT2D eigenvalue weighted by molar-refractivity contribution is -0.139. The quantitative estimate of drug-likeness (QED) is 0.0901. The van der Waals surface area contributed by atoms with E-state index < -0.39 is 98.2 Å². The van der Waals surface area contributed by atoms with Crippen molar-refractivity contribution in [2.24, 2.45) is 0 Å². The van der Waals surface area contributed by atoms with Crippen LogP contribution in [0.3, 0.4) is 0 Å². The van der Waals surface area contributed by atoms with Crippen LogP contribution in [0.25, 0.3) is 33.8 Å². The number of hydrogen-bond acceptors (Lipinski definition) is 10. The average Bonchev–Trinajstić information content (AvgIpc) is 3.74. The number of anilines is 2. The zero-order valence-electron chi connectivity index (χ0n) is 29.5. The highest BCUT2D eigenvalue weighted by atomic mass is 35.5. The fourth-order valence-electron chi connectivity index (χ4n) is 5.19. The maximum atomic E-state index is 13.5. The minimum atomic E-state index is -4.87. The Kier molecular flexibility index (Phi) is 12.0. The van der Waals surface area contributed by atoms with Crippen molar-refractivity contribution in [2.75, 3.05) is 10.6 Å². The van der Waals surface area contributed by atoms with Gasteiger partial charge in [0.15, 0.2) is 17.1 Å². The number of rotatable bonds is 7. The van der Waals surface area contributed by atoms with Crippen LogP contribution in [0.2, 0.25) is 10.3 Å². The van der Waals surface area contributed by atoms with Gasteiger partial charge in [0, 0.05) is 12.4 Å². The third-order valence-electron chi connectivity index (χ3n) is 8.09. The van der Waals surface area contributed by atoms with E-state index in [4.69, 9.17) is 28.5 Å². The number of nitriles is 1. The van der Waals surface area contributed by atoms with Crippen molar-refractivity contribution in [2.45, 2.75) is 57.6 Å². The van der Waals surface area contributed by atoms with Gasteiger partial charge in [-0.05, 0) is 45.0 Å². The maximum absolute atomic E-state index is 13.5. The van der Waals surface area contributed by atoms with Gasteiger partial charge in [-0.25, -0.2) is 9.97 Å². The first-order chi connectivity index (χ1) is 27.3. The number of alkyl halides is 12. The molecule has 312 valence electrons. The largest absolute Gasteiger partial charge is 0.418 e. The molecule has 0 saturated carbocycles. The van der Waals surface area contributed by atoms with Crippen LogP contribution < -0.4 is 10.6 Å². The van der Waals surface area contributed by atoms with Crippen LogP contribution in [-0.2, 0) is 12.4 Å². The maximum Gasteiger partial charge on any atom is 0.418 e. The molecular formula is C33H21Cl2F12N11O. The zero-order valence-corrected chi connectivity index (χ0v) is 31.0. The van der Waals surface area contributed by atoms with E-state index >= 15 is 0 Å². The van der Waals surface area contributed by atoms with E-state index in [1.807, 2.05) is 0 Å². The second kappa shape index (κ2) is 16.0. The fraction of sp³-hybridized carbons (Fsp3) is 0.273. The van der Waals surface area contributed by atoms with Crippen LogP contribution in [0.5, 0.6) is 0 Å². The Labute approximate surface area is 331 Å². The first kappa shape index (κ1) is 44.1. The number of pyridine rings is 2. The smallest absolute Gasteiger partial charge is 0.358 e. The highest BCUT2D eigenvalue weighted by molar-refractivity contribution is 6.33. The van der Waals surface area contributed by atoms with E-state index in [0.29, 0.717) is 12.1 Å². The van der Waals surface area contributed by atoms with E-state index in [0.717, 1.165) is 59.8 Å². The molecule has 0 radical (unpaired) electrons.